The highest BCUT2D eigenvalue weighted by Crippen LogP contribution is 2.20. The average molecular weight is 171 g/mol. The van der Waals surface area contributed by atoms with Crippen LogP contribution in [0.25, 0.3) is 0 Å². The fraction of sp³-hybridized carbons (Fsp3) is 1.00. The highest BCUT2D eigenvalue weighted by molar-refractivity contribution is 4.84. The first kappa shape index (κ1) is 10.0. The largest absolute Gasteiger partial charge is 0.380 e. The summed E-state index contributed by atoms with van der Waals surface area (Å²) in [6.07, 6.45) is 4.21. The molecule has 0 aliphatic carbocycles. The zero-order valence-corrected chi connectivity index (χ0v) is 8.47. The predicted octanol–water partition coefficient (Wildman–Crippen LogP) is 1.80. The quantitative estimate of drug-likeness (QED) is 0.696. The van der Waals surface area contributed by atoms with Crippen LogP contribution in [-0.2, 0) is 4.74 Å². The number of hydrogen-bond acceptors (Lipinski definition) is 2. The second-order valence-corrected chi connectivity index (χ2v) is 3.79. The highest BCUT2D eigenvalue weighted by atomic mass is 16.5. The van der Waals surface area contributed by atoms with Gasteiger partial charge in [0, 0.05) is 13.2 Å². The van der Waals surface area contributed by atoms with E-state index in [4.69, 9.17) is 4.74 Å². The first-order valence-corrected chi connectivity index (χ1v) is 5.05. The van der Waals surface area contributed by atoms with Crippen molar-refractivity contribution in [2.75, 3.05) is 13.7 Å². The van der Waals surface area contributed by atoms with Crippen molar-refractivity contribution in [1.29, 1.82) is 0 Å². The van der Waals surface area contributed by atoms with Crippen molar-refractivity contribution in [3.63, 3.8) is 0 Å². The van der Waals surface area contributed by atoms with E-state index in [-0.39, 0.29) is 0 Å². The van der Waals surface area contributed by atoms with Crippen LogP contribution in [0.4, 0.5) is 0 Å². The second kappa shape index (κ2) is 4.83. The molecule has 0 saturated carbocycles. The van der Waals surface area contributed by atoms with E-state index in [0.717, 1.165) is 0 Å². The highest BCUT2D eigenvalue weighted by Gasteiger charge is 2.27. The van der Waals surface area contributed by atoms with E-state index in [2.05, 4.69) is 19.2 Å². The van der Waals surface area contributed by atoms with Gasteiger partial charge in [0.05, 0.1) is 6.10 Å². The molecule has 0 bridgehead atoms. The Labute approximate surface area is 75.7 Å². The maximum absolute atomic E-state index is 5.52. The Kier molecular flexibility index (Phi) is 4.02. The van der Waals surface area contributed by atoms with E-state index in [1.54, 1.807) is 0 Å². The monoisotopic (exact) mass is 171 g/mol. The molecular formula is C10H21NO. The minimum absolute atomic E-state index is 0.414. The first-order valence-electron chi connectivity index (χ1n) is 5.05. The average Bonchev–Trinajstić information content (AvgIpc) is 2.58. The summed E-state index contributed by atoms with van der Waals surface area (Å²) >= 11 is 0. The van der Waals surface area contributed by atoms with Crippen LogP contribution in [0.3, 0.4) is 0 Å². The van der Waals surface area contributed by atoms with Crippen LogP contribution in [0.2, 0.25) is 0 Å². The van der Waals surface area contributed by atoms with Crippen LogP contribution in [0.1, 0.15) is 33.1 Å². The molecule has 3 atom stereocenters. The van der Waals surface area contributed by atoms with E-state index in [1.165, 1.54) is 25.8 Å². The maximum atomic E-state index is 5.52. The third kappa shape index (κ3) is 2.20. The summed E-state index contributed by atoms with van der Waals surface area (Å²) in [7, 11) is 1.83. The Morgan fingerprint density at radius 3 is 2.75 bits per heavy atom. The van der Waals surface area contributed by atoms with E-state index in [9.17, 15) is 0 Å². The van der Waals surface area contributed by atoms with Gasteiger partial charge in [-0.25, -0.2) is 0 Å². The smallest absolute Gasteiger partial charge is 0.0749 e. The molecule has 0 aromatic rings. The third-order valence-corrected chi connectivity index (χ3v) is 2.97. The van der Waals surface area contributed by atoms with Gasteiger partial charge in [-0.15, -0.1) is 0 Å². The van der Waals surface area contributed by atoms with E-state index < -0.39 is 0 Å². The molecule has 0 radical (unpaired) electrons. The zero-order chi connectivity index (χ0) is 8.97. The summed E-state index contributed by atoms with van der Waals surface area (Å²) in [5.41, 5.74) is 0. The molecule has 0 amide bonds. The Bertz CT molecular complexity index is 121. The number of methoxy groups -OCH3 is 1. The van der Waals surface area contributed by atoms with E-state index in [0.29, 0.717) is 18.1 Å². The Morgan fingerprint density at radius 2 is 2.33 bits per heavy atom. The van der Waals surface area contributed by atoms with E-state index >= 15 is 0 Å². The Balaban J connectivity index is 2.42. The van der Waals surface area contributed by atoms with Gasteiger partial charge < -0.3 is 10.1 Å². The second-order valence-electron chi connectivity index (χ2n) is 3.79. The molecule has 1 saturated heterocycles. The van der Waals surface area contributed by atoms with Gasteiger partial charge in [-0.3, -0.25) is 0 Å². The van der Waals surface area contributed by atoms with Crippen molar-refractivity contribution in [3.05, 3.63) is 0 Å². The third-order valence-electron chi connectivity index (χ3n) is 2.97. The summed E-state index contributed by atoms with van der Waals surface area (Å²) in [4.78, 5) is 0. The van der Waals surface area contributed by atoms with Crippen molar-refractivity contribution in [2.45, 2.75) is 45.3 Å². The molecule has 12 heavy (non-hydrogen) atoms. The molecule has 2 nitrogen and oxygen atoms in total. The van der Waals surface area contributed by atoms with Gasteiger partial charge in [0.15, 0.2) is 0 Å². The van der Waals surface area contributed by atoms with E-state index in [1.807, 2.05) is 7.11 Å². The van der Waals surface area contributed by atoms with Crippen molar-refractivity contribution in [3.8, 4) is 0 Å². The van der Waals surface area contributed by atoms with Crippen molar-refractivity contribution in [1.82, 2.24) is 5.32 Å². The lowest BCUT2D eigenvalue weighted by molar-refractivity contribution is 0.0314. The topological polar surface area (TPSA) is 21.3 Å². The molecule has 1 N–H and O–H groups in total. The Morgan fingerprint density at radius 1 is 1.58 bits per heavy atom. The Hall–Kier alpha value is -0.0800. The number of hydrogen-bond donors (Lipinski definition) is 1. The molecule has 1 aliphatic heterocycles. The molecule has 0 spiro atoms. The fourth-order valence-electron chi connectivity index (χ4n) is 2.02. The SMILES string of the molecule is CCC(C)C(OC)C1CCCN1. The van der Waals surface area contributed by atoms with Gasteiger partial charge in [-0.2, -0.15) is 0 Å². The van der Waals surface area contributed by atoms with Crippen LogP contribution in [0, 0.1) is 5.92 Å². The van der Waals surface area contributed by atoms with Gasteiger partial charge in [-0.05, 0) is 25.3 Å². The molecule has 0 aromatic heterocycles. The van der Waals surface area contributed by atoms with Gasteiger partial charge in [0.1, 0.15) is 0 Å². The number of nitrogens with one attached hydrogen (secondary N) is 1. The predicted molar refractivity (Wildman–Crippen MR) is 51.3 cm³/mol. The standard InChI is InChI=1S/C10H21NO/c1-4-8(2)10(12-3)9-6-5-7-11-9/h8-11H,4-7H2,1-3H3. The molecule has 1 heterocycles. The van der Waals surface area contributed by atoms with Crippen molar-refractivity contribution in [2.24, 2.45) is 5.92 Å². The molecule has 0 aromatic carbocycles. The molecule has 3 unspecified atom stereocenters. The van der Waals surface area contributed by atoms with Crippen LogP contribution in [0.15, 0.2) is 0 Å². The minimum Gasteiger partial charge on any atom is -0.380 e. The summed E-state index contributed by atoms with van der Waals surface area (Å²) in [5, 5.41) is 3.50. The normalized spacial score (nSPS) is 28.8. The maximum Gasteiger partial charge on any atom is 0.0749 e. The van der Waals surface area contributed by atoms with Crippen LogP contribution >= 0.6 is 0 Å². The lowest BCUT2D eigenvalue weighted by Crippen LogP contribution is -2.40. The number of rotatable bonds is 4. The van der Waals surface area contributed by atoms with Gasteiger partial charge >= 0.3 is 0 Å². The molecule has 2 heteroatoms. The van der Waals surface area contributed by atoms with Crippen LogP contribution < -0.4 is 5.32 Å². The molecule has 1 fully saturated rings. The molecular weight excluding hydrogens is 150 g/mol. The minimum atomic E-state index is 0.414. The van der Waals surface area contributed by atoms with Crippen LogP contribution in [0.5, 0.6) is 0 Å². The molecule has 72 valence electrons. The number of ether oxygens (including phenoxy) is 1. The van der Waals surface area contributed by atoms with Gasteiger partial charge in [0.25, 0.3) is 0 Å². The van der Waals surface area contributed by atoms with Gasteiger partial charge in [0.2, 0.25) is 0 Å². The lowest BCUT2D eigenvalue weighted by atomic mass is 9.94. The molecule has 1 aliphatic rings. The fourth-order valence-corrected chi connectivity index (χ4v) is 2.02. The van der Waals surface area contributed by atoms with Crippen molar-refractivity contribution >= 4 is 0 Å². The first-order chi connectivity index (χ1) is 5.79. The van der Waals surface area contributed by atoms with Crippen LogP contribution in [-0.4, -0.2) is 25.8 Å². The summed E-state index contributed by atoms with van der Waals surface area (Å²) in [6, 6.07) is 0.602. The summed E-state index contributed by atoms with van der Waals surface area (Å²) in [5.74, 6) is 0.672. The lowest BCUT2D eigenvalue weighted by Gasteiger charge is -2.27. The van der Waals surface area contributed by atoms with Crippen molar-refractivity contribution < 1.29 is 4.74 Å². The summed E-state index contributed by atoms with van der Waals surface area (Å²) < 4.78 is 5.52. The summed E-state index contributed by atoms with van der Waals surface area (Å²) in [6.45, 7) is 5.67. The molecule has 1 rings (SSSR count). The van der Waals surface area contributed by atoms with Gasteiger partial charge in [-0.1, -0.05) is 20.3 Å². The zero-order valence-electron chi connectivity index (χ0n) is 8.47.